The van der Waals surface area contributed by atoms with E-state index in [1.807, 2.05) is 13.0 Å². The number of nitrogens with two attached hydrogens (primary N) is 1. The Morgan fingerprint density at radius 3 is 2.11 bits per heavy atom. The number of hydrogen-bond donors (Lipinski definition) is 1. The second-order valence-corrected chi connectivity index (χ2v) is 7.04. The summed E-state index contributed by atoms with van der Waals surface area (Å²) in [5, 5.41) is 0. The lowest BCUT2D eigenvalue weighted by Crippen LogP contribution is -2.03. The summed E-state index contributed by atoms with van der Waals surface area (Å²) < 4.78 is 0. The van der Waals surface area contributed by atoms with Gasteiger partial charge >= 0.3 is 0 Å². The zero-order chi connectivity index (χ0) is 19.1. The molecule has 0 aromatic heterocycles. The number of aryl methyl sites for hydroxylation is 2. The third-order valence-electron chi connectivity index (χ3n) is 4.88. The van der Waals surface area contributed by atoms with Crippen molar-refractivity contribution in [2.75, 3.05) is 0 Å². The fraction of sp³-hybridized carbons (Fsp3) is 0.240. The van der Waals surface area contributed by atoms with E-state index in [2.05, 4.69) is 84.7 Å². The minimum absolute atomic E-state index is 0.455. The second-order valence-electron chi connectivity index (χ2n) is 7.04. The third-order valence-corrected chi connectivity index (χ3v) is 4.88. The van der Waals surface area contributed by atoms with Crippen molar-refractivity contribution in [1.82, 2.24) is 0 Å². The van der Waals surface area contributed by atoms with E-state index in [1.165, 1.54) is 22.3 Å². The van der Waals surface area contributed by atoms with Crippen molar-refractivity contribution < 1.29 is 0 Å². The van der Waals surface area contributed by atoms with Crippen LogP contribution in [0.3, 0.4) is 0 Å². The highest BCUT2D eigenvalue weighted by Gasteiger charge is 2.12. The summed E-state index contributed by atoms with van der Waals surface area (Å²) in [6.07, 6.45) is 3.12. The lowest BCUT2D eigenvalue weighted by molar-refractivity contribution is 0.774. The van der Waals surface area contributed by atoms with Gasteiger partial charge in [0.2, 0.25) is 0 Å². The average Bonchev–Trinajstić information content (AvgIpc) is 2.68. The quantitative estimate of drug-likeness (QED) is 0.408. The van der Waals surface area contributed by atoms with Gasteiger partial charge in [0.05, 0.1) is 11.5 Å². The fourth-order valence-electron chi connectivity index (χ4n) is 3.59. The first kappa shape index (κ1) is 18.9. The summed E-state index contributed by atoms with van der Waals surface area (Å²) in [5.41, 5.74) is 12.1. The van der Waals surface area contributed by atoms with Crippen molar-refractivity contribution in [3.05, 3.63) is 101 Å². The summed E-state index contributed by atoms with van der Waals surface area (Å²) in [5.74, 6) is 1.04. The lowest BCUT2D eigenvalue weighted by Gasteiger charge is -2.17. The largest absolute Gasteiger partial charge is 0.387 e. The van der Waals surface area contributed by atoms with Crippen LogP contribution in [0.25, 0.3) is 0 Å². The van der Waals surface area contributed by atoms with E-state index < -0.39 is 0 Å². The molecule has 3 aromatic rings. The molecule has 1 atom stereocenters. The molecule has 2 N–H and O–H groups in total. The molecule has 3 aromatic carbocycles. The number of nitrogens with zero attached hydrogens (tertiary/aromatic N) is 1. The Labute approximate surface area is 162 Å². The van der Waals surface area contributed by atoms with Crippen molar-refractivity contribution in [2.45, 2.75) is 39.0 Å². The molecule has 2 heteroatoms. The first-order valence-electron chi connectivity index (χ1n) is 9.69. The molecule has 0 aliphatic heterocycles. The highest BCUT2D eigenvalue weighted by atomic mass is 14.8. The molecule has 0 fully saturated rings. The molecule has 0 bridgehead atoms. The molecule has 2 nitrogen and oxygen atoms in total. The topological polar surface area (TPSA) is 38.4 Å². The van der Waals surface area contributed by atoms with Crippen LogP contribution in [0.1, 0.15) is 48.4 Å². The summed E-state index contributed by atoms with van der Waals surface area (Å²) in [7, 11) is 0. The van der Waals surface area contributed by atoms with Crippen LogP contribution < -0.4 is 5.73 Å². The molecule has 0 heterocycles. The van der Waals surface area contributed by atoms with Gasteiger partial charge in [-0.15, -0.1) is 0 Å². The average molecular weight is 357 g/mol. The van der Waals surface area contributed by atoms with E-state index in [0.29, 0.717) is 11.8 Å². The predicted molar refractivity (Wildman–Crippen MR) is 116 cm³/mol. The number of rotatable bonds is 7. The number of amidine groups is 1. The van der Waals surface area contributed by atoms with Crippen LogP contribution >= 0.6 is 0 Å². The molecule has 0 saturated heterocycles. The van der Waals surface area contributed by atoms with E-state index in [0.717, 1.165) is 24.9 Å². The maximum absolute atomic E-state index is 5.70. The van der Waals surface area contributed by atoms with Gasteiger partial charge in [0.15, 0.2) is 0 Å². The van der Waals surface area contributed by atoms with Gasteiger partial charge in [-0.2, -0.15) is 0 Å². The van der Waals surface area contributed by atoms with Gasteiger partial charge in [-0.25, -0.2) is 4.99 Å². The zero-order valence-corrected chi connectivity index (χ0v) is 16.2. The number of hydrogen-bond acceptors (Lipinski definition) is 1. The van der Waals surface area contributed by atoms with Crippen molar-refractivity contribution in [1.29, 1.82) is 0 Å². The van der Waals surface area contributed by atoms with Crippen molar-refractivity contribution in [3.63, 3.8) is 0 Å². The molecule has 3 rings (SSSR count). The Hall–Kier alpha value is -2.87. The Morgan fingerprint density at radius 2 is 1.44 bits per heavy atom. The summed E-state index contributed by atoms with van der Waals surface area (Å²) in [4.78, 5) is 4.35. The van der Waals surface area contributed by atoms with Crippen LogP contribution in [0, 0.1) is 0 Å². The summed E-state index contributed by atoms with van der Waals surface area (Å²) in [6.45, 7) is 4.07. The predicted octanol–water partition coefficient (Wildman–Crippen LogP) is 6.02. The van der Waals surface area contributed by atoms with Crippen LogP contribution in [0.15, 0.2) is 83.9 Å². The van der Waals surface area contributed by atoms with Crippen LogP contribution in [0.4, 0.5) is 5.69 Å². The lowest BCUT2D eigenvalue weighted by atomic mass is 9.88. The fourth-order valence-corrected chi connectivity index (χ4v) is 3.59. The maximum atomic E-state index is 5.70. The van der Waals surface area contributed by atoms with Gasteiger partial charge in [0.25, 0.3) is 0 Å². The van der Waals surface area contributed by atoms with Gasteiger partial charge in [-0.1, -0.05) is 73.7 Å². The Kier molecular flexibility index (Phi) is 6.43. The number of benzene rings is 3. The molecule has 27 heavy (non-hydrogen) atoms. The molecule has 138 valence electrons. The van der Waals surface area contributed by atoms with Gasteiger partial charge < -0.3 is 5.73 Å². The Morgan fingerprint density at radius 1 is 0.815 bits per heavy atom. The molecule has 0 spiro atoms. The smallest absolute Gasteiger partial charge is 0.0964 e. The van der Waals surface area contributed by atoms with Crippen molar-refractivity contribution in [2.24, 2.45) is 10.7 Å². The number of aliphatic imine (C=N–C) groups is 1. The van der Waals surface area contributed by atoms with Crippen LogP contribution in [0.5, 0.6) is 0 Å². The normalized spacial score (nSPS) is 12.7. The molecule has 0 radical (unpaired) electrons. The van der Waals surface area contributed by atoms with Crippen LogP contribution in [0.2, 0.25) is 0 Å². The summed E-state index contributed by atoms with van der Waals surface area (Å²) in [6, 6.07) is 28.2. The third kappa shape index (κ3) is 5.30. The SMILES string of the molecule is CCC(c1ccccc1)c1cccc(CCc2cccc(N=C(C)N)c2)c1. The molecular formula is C25H28N2. The van der Waals surface area contributed by atoms with E-state index in [1.54, 1.807) is 0 Å². The molecule has 1 unspecified atom stereocenters. The maximum Gasteiger partial charge on any atom is 0.0964 e. The summed E-state index contributed by atoms with van der Waals surface area (Å²) >= 11 is 0. The van der Waals surface area contributed by atoms with E-state index in [9.17, 15) is 0 Å². The molecular weight excluding hydrogens is 328 g/mol. The van der Waals surface area contributed by atoms with Gasteiger partial charge in [-0.05, 0) is 60.6 Å². The van der Waals surface area contributed by atoms with Crippen molar-refractivity contribution >= 4 is 11.5 Å². The highest BCUT2D eigenvalue weighted by molar-refractivity contribution is 5.80. The van der Waals surface area contributed by atoms with Gasteiger partial charge in [0, 0.05) is 5.92 Å². The van der Waals surface area contributed by atoms with E-state index in [-0.39, 0.29) is 0 Å². The standard InChI is InChI=1S/C25H28N2/c1-3-25(22-11-5-4-6-12-22)23-13-7-9-20(17-23)15-16-21-10-8-14-24(18-21)27-19(2)26/h4-14,17-18,25H,3,15-16H2,1-2H3,(H2,26,27). The van der Waals surface area contributed by atoms with Crippen LogP contribution in [-0.4, -0.2) is 5.84 Å². The van der Waals surface area contributed by atoms with Crippen LogP contribution in [-0.2, 0) is 12.8 Å². The Balaban J connectivity index is 1.74. The van der Waals surface area contributed by atoms with Gasteiger partial charge in [-0.3, -0.25) is 0 Å². The first-order valence-corrected chi connectivity index (χ1v) is 9.69. The zero-order valence-electron chi connectivity index (χ0n) is 16.2. The van der Waals surface area contributed by atoms with Crippen molar-refractivity contribution in [3.8, 4) is 0 Å². The second kappa shape index (κ2) is 9.18. The Bertz CT molecular complexity index is 893. The molecule has 0 amide bonds. The highest BCUT2D eigenvalue weighted by Crippen LogP contribution is 2.28. The molecule has 0 aliphatic carbocycles. The minimum atomic E-state index is 0.455. The van der Waals surface area contributed by atoms with E-state index >= 15 is 0 Å². The monoisotopic (exact) mass is 356 g/mol. The van der Waals surface area contributed by atoms with Gasteiger partial charge in [0.1, 0.15) is 0 Å². The minimum Gasteiger partial charge on any atom is -0.387 e. The first-order chi connectivity index (χ1) is 13.2. The molecule has 0 aliphatic rings. The van der Waals surface area contributed by atoms with E-state index in [4.69, 9.17) is 5.73 Å². The molecule has 0 saturated carbocycles.